The van der Waals surface area contributed by atoms with Crippen LogP contribution >= 0.6 is 0 Å². The van der Waals surface area contributed by atoms with Gasteiger partial charge < -0.3 is 10.6 Å². The number of nitrogens with zero attached hydrogens (tertiary/aromatic N) is 2. The summed E-state index contributed by atoms with van der Waals surface area (Å²) in [7, 11) is 3.55. The fraction of sp³-hybridized carbons (Fsp3) is 0.400. The number of hydrogen-bond donors (Lipinski definition) is 2. The molecule has 5 nitrogen and oxygen atoms in total. The Kier molecular flexibility index (Phi) is 5.64. The van der Waals surface area contributed by atoms with Crippen molar-refractivity contribution in [3.8, 4) is 0 Å². The first-order valence-electron chi connectivity index (χ1n) is 8.84. The molecule has 0 saturated carbocycles. The second kappa shape index (κ2) is 7.93. The number of pyridine rings is 1. The van der Waals surface area contributed by atoms with Crippen LogP contribution in [0.25, 0.3) is 0 Å². The average molecular weight is 356 g/mol. The van der Waals surface area contributed by atoms with Crippen LogP contribution in [-0.2, 0) is 24.3 Å². The summed E-state index contributed by atoms with van der Waals surface area (Å²) in [5.41, 5.74) is 4.83. The molecule has 1 aliphatic rings. The van der Waals surface area contributed by atoms with Gasteiger partial charge in [-0.2, -0.15) is 0 Å². The summed E-state index contributed by atoms with van der Waals surface area (Å²) in [5.74, 6) is -0.589. The largest absolute Gasteiger partial charge is 0.350 e. The van der Waals surface area contributed by atoms with Gasteiger partial charge in [-0.25, -0.2) is 4.39 Å². The average Bonchev–Trinajstić information content (AvgIpc) is 2.62. The van der Waals surface area contributed by atoms with Gasteiger partial charge in [0.05, 0.1) is 0 Å². The maximum absolute atomic E-state index is 14.2. The van der Waals surface area contributed by atoms with Crippen LogP contribution in [0.3, 0.4) is 0 Å². The molecular weight excluding hydrogens is 331 g/mol. The number of carbonyl (C=O) groups is 1. The topological polar surface area (TPSA) is 57.3 Å². The standard InChI is InChI=1S/C20H25FN4O/c1-13-17(15-8-9-22-10-14(15)11-23-13)12-24-20(26)19(25(2)3)16-6-4-5-7-18(16)21/h4-7,11,19,22H,8-10,12H2,1-3H3,(H,24,26). The van der Waals surface area contributed by atoms with Crippen molar-refractivity contribution in [1.82, 2.24) is 20.5 Å². The molecule has 1 amide bonds. The Bertz CT molecular complexity index is 806. The number of aryl methyl sites for hydroxylation is 1. The molecule has 0 radical (unpaired) electrons. The molecule has 1 aromatic carbocycles. The lowest BCUT2D eigenvalue weighted by atomic mass is 9.95. The van der Waals surface area contributed by atoms with E-state index in [0.29, 0.717) is 12.1 Å². The van der Waals surface area contributed by atoms with Crippen LogP contribution in [0.15, 0.2) is 30.5 Å². The Morgan fingerprint density at radius 2 is 2.15 bits per heavy atom. The number of rotatable bonds is 5. The van der Waals surface area contributed by atoms with Crippen molar-refractivity contribution >= 4 is 5.91 Å². The van der Waals surface area contributed by atoms with Gasteiger partial charge in [0.1, 0.15) is 11.9 Å². The lowest BCUT2D eigenvalue weighted by Crippen LogP contribution is -2.38. The fourth-order valence-electron chi connectivity index (χ4n) is 3.50. The SMILES string of the molecule is Cc1ncc2c(c1CNC(=O)C(c1ccccc1F)N(C)C)CCNC2. The minimum Gasteiger partial charge on any atom is -0.350 e. The lowest BCUT2D eigenvalue weighted by Gasteiger charge is -2.25. The summed E-state index contributed by atoms with van der Waals surface area (Å²) in [5, 5.41) is 6.33. The number of aromatic nitrogens is 1. The highest BCUT2D eigenvalue weighted by Gasteiger charge is 2.26. The number of amides is 1. The second-order valence-corrected chi connectivity index (χ2v) is 6.86. The molecule has 1 atom stereocenters. The van der Waals surface area contributed by atoms with E-state index in [9.17, 15) is 9.18 Å². The Hall–Kier alpha value is -2.31. The summed E-state index contributed by atoms with van der Waals surface area (Å²) in [6.45, 7) is 4.09. The monoisotopic (exact) mass is 356 g/mol. The number of fused-ring (bicyclic) bond motifs is 1. The van der Waals surface area contributed by atoms with Crippen molar-refractivity contribution in [1.29, 1.82) is 0 Å². The van der Waals surface area contributed by atoms with E-state index in [-0.39, 0.29) is 11.7 Å². The van der Waals surface area contributed by atoms with Gasteiger partial charge in [0.15, 0.2) is 0 Å². The number of nitrogens with one attached hydrogen (secondary N) is 2. The van der Waals surface area contributed by atoms with Gasteiger partial charge in [-0.1, -0.05) is 18.2 Å². The molecule has 6 heteroatoms. The number of likely N-dealkylation sites (N-methyl/N-ethyl adjacent to an activating group) is 1. The normalized spacial score (nSPS) is 14.8. The van der Waals surface area contributed by atoms with Crippen LogP contribution in [-0.4, -0.2) is 36.4 Å². The number of halogens is 1. The summed E-state index contributed by atoms with van der Waals surface area (Å²) in [6.07, 6.45) is 2.83. The van der Waals surface area contributed by atoms with Gasteiger partial charge in [0.2, 0.25) is 5.91 Å². The highest BCUT2D eigenvalue weighted by Crippen LogP contribution is 2.23. The van der Waals surface area contributed by atoms with E-state index in [1.165, 1.54) is 17.2 Å². The predicted molar refractivity (Wildman–Crippen MR) is 99.1 cm³/mol. The van der Waals surface area contributed by atoms with E-state index in [1.54, 1.807) is 37.2 Å². The minimum atomic E-state index is -0.675. The van der Waals surface area contributed by atoms with Gasteiger partial charge in [0, 0.05) is 30.5 Å². The molecule has 2 aromatic rings. The molecule has 1 unspecified atom stereocenters. The molecule has 2 N–H and O–H groups in total. The van der Waals surface area contributed by atoms with Crippen LogP contribution in [0.5, 0.6) is 0 Å². The first kappa shape index (κ1) is 18.5. The fourth-order valence-corrected chi connectivity index (χ4v) is 3.50. The van der Waals surface area contributed by atoms with Gasteiger partial charge in [-0.05, 0) is 56.7 Å². The zero-order valence-electron chi connectivity index (χ0n) is 15.5. The minimum absolute atomic E-state index is 0.217. The van der Waals surface area contributed by atoms with Gasteiger partial charge >= 0.3 is 0 Å². The van der Waals surface area contributed by atoms with E-state index < -0.39 is 6.04 Å². The molecule has 2 heterocycles. The van der Waals surface area contributed by atoms with E-state index in [4.69, 9.17) is 0 Å². The van der Waals surface area contributed by atoms with Crippen molar-refractivity contribution in [3.05, 3.63) is 64.2 Å². The van der Waals surface area contributed by atoms with Crippen molar-refractivity contribution in [2.45, 2.75) is 32.5 Å². The Labute approximate surface area is 153 Å². The van der Waals surface area contributed by atoms with Gasteiger partial charge in [-0.3, -0.25) is 14.7 Å². The highest BCUT2D eigenvalue weighted by molar-refractivity contribution is 5.83. The van der Waals surface area contributed by atoms with Crippen LogP contribution in [0, 0.1) is 12.7 Å². The first-order valence-corrected chi connectivity index (χ1v) is 8.84. The molecule has 1 aliphatic heterocycles. The quantitative estimate of drug-likeness (QED) is 0.861. The summed E-state index contributed by atoms with van der Waals surface area (Å²) >= 11 is 0. The zero-order chi connectivity index (χ0) is 18.7. The van der Waals surface area contributed by atoms with E-state index in [1.807, 2.05) is 13.1 Å². The molecule has 138 valence electrons. The maximum Gasteiger partial charge on any atom is 0.242 e. The summed E-state index contributed by atoms with van der Waals surface area (Å²) in [6, 6.07) is 5.74. The molecule has 1 aromatic heterocycles. The molecule has 0 bridgehead atoms. The first-order chi connectivity index (χ1) is 12.5. The molecular formula is C20H25FN4O. The molecule has 0 spiro atoms. The van der Waals surface area contributed by atoms with Crippen molar-refractivity contribution in [2.24, 2.45) is 0 Å². The summed E-state index contributed by atoms with van der Waals surface area (Å²) < 4.78 is 14.2. The zero-order valence-corrected chi connectivity index (χ0v) is 15.5. The molecule has 0 saturated heterocycles. The third kappa shape index (κ3) is 3.76. The van der Waals surface area contributed by atoms with Crippen molar-refractivity contribution in [3.63, 3.8) is 0 Å². The van der Waals surface area contributed by atoms with E-state index in [0.717, 1.165) is 30.8 Å². The number of carbonyl (C=O) groups excluding carboxylic acids is 1. The molecule has 0 aliphatic carbocycles. The maximum atomic E-state index is 14.2. The van der Waals surface area contributed by atoms with Crippen LogP contribution in [0.2, 0.25) is 0 Å². The smallest absolute Gasteiger partial charge is 0.242 e. The molecule has 0 fully saturated rings. The van der Waals surface area contributed by atoms with Crippen LogP contribution in [0.4, 0.5) is 4.39 Å². The lowest BCUT2D eigenvalue weighted by molar-refractivity contribution is -0.126. The third-order valence-electron chi connectivity index (χ3n) is 4.87. The Morgan fingerprint density at radius 1 is 1.38 bits per heavy atom. The molecule has 26 heavy (non-hydrogen) atoms. The van der Waals surface area contributed by atoms with Gasteiger partial charge in [-0.15, -0.1) is 0 Å². The third-order valence-corrected chi connectivity index (χ3v) is 4.87. The highest BCUT2D eigenvalue weighted by atomic mass is 19.1. The van der Waals surface area contributed by atoms with Crippen LogP contribution < -0.4 is 10.6 Å². The van der Waals surface area contributed by atoms with Crippen molar-refractivity contribution in [2.75, 3.05) is 20.6 Å². The molecule has 3 rings (SSSR count). The second-order valence-electron chi connectivity index (χ2n) is 6.86. The van der Waals surface area contributed by atoms with E-state index >= 15 is 0 Å². The Balaban J connectivity index is 1.81. The van der Waals surface area contributed by atoms with Crippen LogP contribution in [0.1, 0.15) is 34.0 Å². The van der Waals surface area contributed by atoms with E-state index in [2.05, 4.69) is 15.6 Å². The summed E-state index contributed by atoms with van der Waals surface area (Å²) in [4.78, 5) is 19.0. The predicted octanol–water partition coefficient (Wildman–Crippen LogP) is 2.09. The van der Waals surface area contributed by atoms with Crippen molar-refractivity contribution < 1.29 is 9.18 Å². The number of hydrogen-bond acceptors (Lipinski definition) is 4. The Morgan fingerprint density at radius 3 is 2.88 bits per heavy atom. The van der Waals surface area contributed by atoms with Gasteiger partial charge in [0.25, 0.3) is 0 Å². The number of benzene rings is 1.